The molecule has 76 valence electrons. The number of aromatic nitrogens is 1. The van der Waals surface area contributed by atoms with Crippen molar-refractivity contribution in [3.8, 4) is 0 Å². The lowest BCUT2D eigenvalue weighted by atomic mass is 10.1. The van der Waals surface area contributed by atoms with Crippen molar-refractivity contribution >= 4 is 16.6 Å². The van der Waals surface area contributed by atoms with Gasteiger partial charge in [-0.1, -0.05) is 0 Å². The van der Waals surface area contributed by atoms with Crippen LogP contribution in [0.15, 0.2) is 30.5 Å². The number of rotatable bonds is 1. The van der Waals surface area contributed by atoms with Crippen molar-refractivity contribution in [2.24, 2.45) is 7.05 Å². The highest BCUT2D eigenvalue weighted by molar-refractivity contribution is 5.87. The third-order valence-corrected chi connectivity index (χ3v) is 2.53. The van der Waals surface area contributed by atoms with E-state index in [0.29, 0.717) is 10.9 Å². The van der Waals surface area contributed by atoms with Crippen LogP contribution in [0.25, 0.3) is 10.9 Å². The average molecular weight is 203 g/mol. The van der Waals surface area contributed by atoms with E-state index in [1.165, 1.54) is 0 Å². The summed E-state index contributed by atoms with van der Waals surface area (Å²) in [7, 11) is 1.88. The van der Waals surface area contributed by atoms with Gasteiger partial charge in [-0.15, -0.1) is 0 Å². The van der Waals surface area contributed by atoms with Crippen LogP contribution < -0.4 is 4.57 Å². The van der Waals surface area contributed by atoms with Crippen molar-refractivity contribution < 1.29 is 9.49 Å². The molecule has 0 spiro atoms. The van der Waals surface area contributed by atoms with Gasteiger partial charge in [0.1, 0.15) is 12.4 Å². The molecule has 1 heterocycles. The van der Waals surface area contributed by atoms with Crippen molar-refractivity contribution in [3.63, 3.8) is 0 Å². The van der Waals surface area contributed by atoms with Gasteiger partial charge >= 0.3 is 0 Å². The SMILES string of the molecule is Cc1ccc2c(ccc[n+]2C)c1[N+](=O)[O-]. The number of nitrogens with zero attached hydrogens (tertiary/aromatic N) is 2. The molecule has 0 aliphatic rings. The second kappa shape index (κ2) is 3.31. The fraction of sp³-hybridized carbons (Fsp3) is 0.182. The monoisotopic (exact) mass is 203 g/mol. The van der Waals surface area contributed by atoms with Gasteiger partial charge in [0, 0.05) is 17.7 Å². The Morgan fingerprint density at radius 2 is 2.07 bits per heavy atom. The van der Waals surface area contributed by atoms with Crippen LogP contribution in [0.5, 0.6) is 0 Å². The second-order valence-electron chi connectivity index (χ2n) is 3.54. The Morgan fingerprint density at radius 1 is 1.33 bits per heavy atom. The van der Waals surface area contributed by atoms with Crippen LogP contribution >= 0.6 is 0 Å². The first-order valence-electron chi connectivity index (χ1n) is 4.63. The zero-order valence-electron chi connectivity index (χ0n) is 8.60. The highest BCUT2D eigenvalue weighted by atomic mass is 16.6. The number of nitro benzene ring substituents is 1. The molecule has 1 aromatic carbocycles. The Balaban J connectivity index is 2.94. The zero-order valence-corrected chi connectivity index (χ0v) is 8.60. The number of fused-ring (bicyclic) bond motifs is 1. The minimum Gasteiger partial charge on any atom is -0.258 e. The third kappa shape index (κ3) is 1.44. The van der Waals surface area contributed by atoms with Crippen molar-refractivity contribution in [2.45, 2.75) is 6.92 Å². The quantitative estimate of drug-likeness (QED) is 0.403. The number of hydrogen-bond donors (Lipinski definition) is 0. The minimum absolute atomic E-state index is 0.198. The molecule has 0 aliphatic carbocycles. The number of aryl methyl sites for hydroxylation is 2. The van der Waals surface area contributed by atoms with Crippen LogP contribution in [-0.4, -0.2) is 4.92 Å². The molecule has 15 heavy (non-hydrogen) atoms. The maximum atomic E-state index is 10.9. The number of pyridine rings is 1. The first-order chi connectivity index (χ1) is 7.11. The van der Waals surface area contributed by atoms with Gasteiger partial charge in [-0.2, -0.15) is 0 Å². The van der Waals surface area contributed by atoms with Gasteiger partial charge in [0.25, 0.3) is 5.69 Å². The lowest BCUT2D eigenvalue weighted by molar-refractivity contribution is -0.645. The Labute approximate surface area is 86.9 Å². The summed E-state index contributed by atoms with van der Waals surface area (Å²) in [5, 5.41) is 11.6. The van der Waals surface area contributed by atoms with E-state index in [1.807, 2.05) is 29.9 Å². The first kappa shape index (κ1) is 9.58. The standard InChI is InChI=1S/C11H11N2O2/c1-8-5-6-10-9(11(8)13(14)15)4-3-7-12(10)2/h3-7H,1-2H3/q+1. The summed E-state index contributed by atoms with van der Waals surface area (Å²) in [4.78, 5) is 10.6. The fourth-order valence-electron chi connectivity index (χ4n) is 1.77. The summed E-state index contributed by atoms with van der Waals surface area (Å²) in [5.41, 5.74) is 1.76. The van der Waals surface area contributed by atoms with Crippen molar-refractivity contribution in [3.05, 3.63) is 46.1 Å². The minimum atomic E-state index is -0.322. The summed E-state index contributed by atoms with van der Waals surface area (Å²) in [6, 6.07) is 7.27. The normalized spacial score (nSPS) is 10.5. The molecule has 0 fully saturated rings. The van der Waals surface area contributed by atoms with Crippen LogP contribution in [0.1, 0.15) is 5.56 Å². The Morgan fingerprint density at radius 3 is 2.73 bits per heavy atom. The number of benzene rings is 1. The van der Waals surface area contributed by atoms with Gasteiger partial charge in [0.05, 0.1) is 4.92 Å². The van der Waals surface area contributed by atoms with E-state index in [0.717, 1.165) is 5.52 Å². The van der Waals surface area contributed by atoms with Gasteiger partial charge < -0.3 is 0 Å². The van der Waals surface area contributed by atoms with Gasteiger partial charge in [0.15, 0.2) is 6.20 Å². The lowest BCUT2D eigenvalue weighted by Gasteiger charge is -2.00. The van der Waals surface area contributed by atoms with Gasteiger partial charge in [0.2, 0.25) is 5.52 Å². The highest BCUT2D eigenvalue weighted by Crippen LogP contribution is 2.26. The number of hydrogen-bond acceptors (Lipinski definition) is 2. The summed E-state index contributed by atoms with van der Waals surface area (Å²) >= 11 is 0. The maximum absolute atomic E-state index is 10.9. The molecule has 0 aliphatic heterocycles. The zero-order chi connectivity index (χ0) is 11.0. The topological polar surface area (TPSA) is 47.0 Å². The molecule has 0 unspecified atom stereocenters. The van der Waals surface area contributed by atoms with E-state index in [2.05, 4.69) is 0 Å². The van der Waals surface area contributed by atoms with E-state index < -0.39 is 0 Å². The molecule has 0 amide bonds. The summed E-state index contributed by atoms with van der Waals surface area (Å²) < 4.78 is 1.88. The lowest BCUT2D eigenvalue weighted by Crippen LogP contribution is -2.27. The van der Waals surface area contributed by atoms with Gasteiger partial charge in [-0.25, -0.2) is 4.57 Å². The molecular weight excluding hydrogens is 192 g/mol. The second-order valence-corrected chi connectivity index (χ2v) is 3.54. The fourth-order valence-corrected chi connectivity index (χ4v) is 1.77. The molecule has 1 aromatic heterocycles. The Hall–Kier alpha value is -1.97. The van der Waals surface area contributed by atoms with Crippen LogP contribution in [-0.2, 0) is 7.05 Å². The molecule has 0 saturated heterocycles. The highest BCUT2D eigenvalue weighted by Gasteiger charge is 2.19. The molecule has 0 saturated carbocycles. The molecule has 2 aromatic rings. The van der Waals surface area contributed by atoms with E-state index in [-0.39, 0.29) is 10.6 Å². The van der Waals surface area contributed by atoms with Gasteiger partial charge in [-0.05, 0) is 19.1 Å². The van der Waals surface area contributed by atoms with E-state index in [1.54, 1.807) is 19.1 Å². The molecule has 2 rings (SSSR count). The molecule has 4 heteroatoms. The average Bonchev–Trinajstić information content (AvgIpc) is 2.17. The molecule has 0 atom stereocenters. The summed E-state index contributed by atoms with van der Waals surface area (Å²) in [6.07, 6.45) is 1.88. The van der Waals surface area contributed by atoms with Crippen molar-refractivity contribution in [2.75, 3.05) is 0 Å². The molecule has 4 nitrogen and oxygen atoms in total. The maximum Gasteiger partial charge on any atom is 0.286 e. The molecular formula is C11H11N2O2+. The van der Waals surface area contributed by atoms with Crippen LogP contribution in [0.2, 0.25) is 0 Å². The first-order valence-corrected chi connectivity index (χ1v) is 4.63. The number of nitro groups is 1. The van der Waals surface area contributed by atoms with Crippen LogP contribution in [0.3, 0.4) is 0 Å². The Bertz CT molecular complexity index is 550. The summed E-state index contributed by atoms with van der Waals surface area (Å²) in [6.45, 7) is 1.75. The van der Waals surface area contributed by atoms with Crippen LogP contribution in [0.4, 0.5) is 5.69 Å². The van der Waals surface area contributed by atoms with Crippen molar-refractivity contribution in [1.29, 1.82) is 0 Å². The molecule has 0 N–H and O–H groups in total. The molecule has 0 bridgehead atoms. The van der Waals surface area contributed by atoms with E-state index in [4.69, 9.17) is 0 Å². The van der Waals surface area contributed by atoms with Gasteiger partial charge in [-0.3, -0.25) is 10.1 Å². The third-order valence-electron chi connectivity index (χ3n) is 2.53. The predicted molar refractivity (Wildman–Crippen MR) is 56.5 cm³/mol. The predicted octanol–water partition coefficient (Wildman–Crippen LogP) is 1.88. The largest absolute Gasteiger partial charge is 0.286 e. The Kier molecular flexibility index (Phi) is 2.11. The molecule has 0 radical (unpaired) electrons. The van der Waals surface area contributed by atoms with E-state index >= 15 is 0 Å². The van der Waals surface area contributed by atoms with Crippen LogP contribution in [0, 0.1) is 17.0 Å². The van der Waals surface area contributed by atoms with Crippen molar-refractivity contribution in [1.82, 2.24) is 0 Å². The smallest absolute Gasteiger partial charge is 0.258 e. The summed E-state index contributed by atoms with van der Waals surface area (Å²) in [5.74, 6) is 0. The van der Waals surface area contributed by atoms with E-state index in [9.17, 15) is 10.1 Å².